The first-order valence-corrected chi connectivity index (χ1v) is 9.65. The van der Waals surface area contributed by atoms with Crippen LogP contribution in [0.5, 0.6) is 0 Å². The van der Waals surface area contributed by atoms with Gasteiger partial charge in [-0.3, -0.25) is 14.9 Å². The lowest BCUT2D eigenvalue weighted by atomic mass is 10.1. The van der Waals surface area contributed by atoms with Gasteiger partial charge in [0.25, 0.3) is 11.6 Å². The van der Waals surface area contributed by atoms with Gasteiger partial charge in [0.1, 0.15) is 8.07 Å². The van der Waals surface area contributed by atoms with Crippen LogP contribution in [0.1, 0.15) is 15.9 Å². The lowest BCUT2D eigenvalue weighted by Crippen LogP contribution is -2.23. The number of nitro groups is 1. The molecule has 0 bridgehead atoms. The maximum Gasteiger partial charge on any atom is 0.270 e. The molecule has 0 unspecified atom stereocenters. The molecule has 0 aromatic heterocycles. The molecular formula is C14H18N2O3Si. The smallest absolute Gasteiger partial charge is 0.270 e. The third-order valence-corrected chi connectivity index (χ3v) is 3.30. The molecule has 0 atom stereocenters. The highest BCUT2D eigenvalue weighted by Gasteiger charge is 2.17. The van der Waals surface area contributed by atoms with Crippen molar-refractivity contribution in [3.05, 3.63) is 39.4 Å². The van der Waals surface area contributed by atoms with Gasteiger partial charge < -0.3 is 4.90 Å². The third kappa shape index (κ3) is 4.21. The zero-order chi connectivity index (χ0) is 15.5. The summed E-state index contributed by atoms with van der Waals surface area (Å²) in [7, 11) is 1.65. The molecule has 0 aliphatic carbocycles. The van der Waals surface area contributed by atoms with Crippen molar-refractivity contribution in [1.29, 1.82) is 0 Å². The molecular weight excluding hydrogens is 272 g/mol. The van der Waals surface area contributed by atoms with Gasteiger partial charge in [0, 0.05) is 31.8 Å². The van der Waals surface area contributed by atoms with Gasteiger partial charge in [0.05, 0.1) is 10.5 Å². The van der Waals surface area contributed by atoms with Crippen LogP contribution in [-0.4, -0.2) is 37.9 Å². The summed E-state index contributed by atoms with van der Waals surface area (Å²) in [4.78, 5) is 23.9. The molecule has 5 nitrogen and oxygen atoms in total. The monoisotopic (exact) mass is 290 g/mol. The van der Waals surface area contributed by atoms with Crippen molar-refractivity contribution in [1.82, 2.24) is 4.90 Å². The van der Waals surface area contributed by atoms with Gasteiger partial charge in [-0.1, -0.05) is 25.6 Å². The molecule has 1 amide bonds. The molecule has 106 valence electrons. The van der Waals surface area contributed by atoms with E-state index >= 15 is 0 Å². The predicted octanol–water partition coefficient (Wildman–Crippen LogP) is 2.53. The Morgan fingerprint density at radius 2 is 1.90 bits per heavy atom. The second-order valence-corrected chi connectivity index (χ2v) is 10.4. The zero-order valence-corrected chi connectivity index (χ0v) is 13.4. The second kappa shape index (κ2) is 5.88. The molecule has 0 spiro atoms. The molecule has 0 N–H and O–H groups in total. The highest BCUT2D eigenvalue weighted by molar-refractivity contribution is 6.83. The van der Waals surface area contributed by atoms with Crippen LogP contribution in [0.25, 0.3) is 0 Å². The number of amides is 1. The van der Waals surface area contributed by atoms with Gasteiger partial charge >= 0.3 is 0 Å². The number of non-ortho nitro benzene ring substituents is 1. The molecule has 0 fully saturated rings. The summed E-state index contributed by atoms with van der Waals surface area (Å²) in [6, 6.07) is 4.16. The lowest BCUT2D eigenvalue weighted by molar-refractivity contribution is -0.384. The minimum absolute atomic E-state index is 0.0554. The van der Waals surface area contributed by atoms with Crippen molar-refractivity contribution in [3.63, 3.8) is 0 Å². The van der Waals surface area contributed by atoms with Crippen LogP contribution in [0.3, 0.4) is 0 Å². The second-order valence-electron chi connectivity index (χ2n) is 5.69. The fraction of sp³-hybridized carbons (Fsp3) is 0.357. The van der Waals surface area contributed by atoms with Crippen molar-refractivity contribution in [3.8, 4) is 11.5 Å². The van der Waals surface area contributed by atoms with E-state index in [1.165, 1.54) is 23.1 Å². The van der Waals surface area contributed by atoms with Gasteiger partial charge in [0.2, 0.25) is 0 Å². The third-order valence-electron chi connectivity index (χ3n) is 2.42. The van der Waals surface area contributed by atoms with Crippen molar-refractivity contribution in [2.24, 2.45) is 0 Å². The van der Waals surface area contributed by atoms with Crippen LogP contribution >= 0.6 is 0 Å². The topological polar surface area (TPSA) is 63.5 Å². The molecule has 0 aliphatic rings. The summed E-state index contributed by atoms with van der Waals surface area (Å²) in [6.45, 7) is 6.22. The summed E-state index contributed by atoms with van der Waals surface area (Å²) in [6.07, 6.45) is 0. The van der Waals surface area contributed by atoms with Crippen LogP contribution in [0.2, 0.25) is 19.6 Å². The summed E-state index contributed by atoms with van der Waals surface area (Å²) in [5.74, 6) is 2.74. The molecule has 20 heavy (non-hydrogen) atoms. The number of nitro benzene ring substituents is 1. The average molecular weight is 290 g/mol. The number of nitrogens with zero attached hydrogens (tertiary/aromatic N) is 2. The van der Waals surface area contributed by atoms with Gasteiger partial charge in [-0.05, 0) is 6.07 Å². The molecule has 6 heteroatoms. The molecule has 0 saturated heterocycles. The van der Waals surface area contributed by atoms with Gasteiger partial charge in [-0.15, -0.1) is 5.54 Å². The van der Waals surface area contributed by atoms with Crippen molar-refractivity contribution in [2.45, 2.75) is 19.6 Å². The van der Waals surface area contributed by atoms with Gasteiger partial charge in [-0.25, -0.2) is 0 Å². The number of benzene rings is 1. The molecule has 1 aromatic rings. The highest BCUT2D eigenvalue weighted by Crippen LogP contribution is 2.18. The largest absolute Gasteiger partial charge is 0.345 e. The van der Waals surface area contributed by atoms with E-state index in [0.29, 0.717) is 11.1 Å². The van der Waals surface area contributed by atoms with Crippen molar-refractivity contribution in [2.75, 3.05) is 14.1 Å². The quantitative estimate of drug-likeness (QED) is 0.364. The predicted molar refractivity (Wildman–Crippen MR) is 81.3 cm³/mol. The maximum atomic E-state index is 12.1. The maximum absolute atomic E-state index is 12.1. The number of rotatable bonds is 2. The highest BCUT2D eigenvalue weighted by atomic mass is 28.3. The van der Waals surface area contributed by atoms with Crippen LogP contribution in [0.15, 0.2) is 18.2 Å². The van der Waals surface area contributed by atoms with E-state index in [2.05, 4.69) is 31.1 Å². The van der Waals surface area contributed by atoms with E-state index in [0.717, 1.165) is 0 Å². The van der Waals surface area contributed by atoms with Crippen LogP contribution < -0.4 is 0 Å². The van der Waals surface area contributed by atoms with Gasteiger partial charge in [0.15, 0.2) is 0 Å². The molecule has 0 saturated carbocycles. The Bertz CT molecular complexity index is 607. The standard InChI is InChI=1S/C14H18N2O3Si/c1-15(2)14(17)13-7-6-12(16(18)19)10-11(13)8-9-20(3,4)5/h6-7,10H,1-5H3. The minimum atomic E-state index is -1.63. The van der Waals surface area contributed by atoms with Gasteiger partial charge in [-0.2, -0.15) is 0 Å². The first-order valence-electron chi connectivity index (χ1n) is 6.15. The number of carbonyl (C=O) groups excluding carboxylic acids is 1. The Labute approximate surface area is 119 Å². The zero-order valence-electron chi connectivity index (χ0n) is 12.4. The Kier molecular flexibility index (Phi) is 4.68. The van der Waals surface area contributed by atoms with Crippen molar-refractivity contribution >= 4 is 19.7 Å². The normalized spacial score (nSPS) is 10.4. The Hall–Kier alpha value is -2.13. The fourth-order valence-electron chi connectivity index (χ4n) is 1.43. The summed E-state index contributed by atoms with van der Waals surface area (Å²) in [5, 5.41) is 10.8. The Balaban J connectivity index is 3.41. The van der Waals surface area contributed by atoms with E-state index in [1.807, 2.05) is 0 Å². The summed E-state index contributed by atoms with van der Waals surface area (Å²) in [5.41, 5.74) is 3.89. The van der Waals surface area contributed by atoms with E-state index in [9.17, 15) is 14.9 Å². The number of hydrogen-bond donors (Lipinski definition) is 0. The molecule has 1 rings (SSSR count). The summed E-state index contributed by atoms with van der Waals surface area (Å²) >= 11 is 0. The van der Waals surface area contributed by atoms with E-state index in [-0.39, 0.29) is 11.6 Å². The number of hydrogen-bond acceptors (Lipinski definition) is 3. The lowest BCUT2D eigenvalue weighted by Gasteiger charge is -2.12. The average Bonchev–Trinajstić information content (AvgIpc) is 2.34. The van der Waals surface area contributed by atoms with E-state index < -0.39 is 13.0 Å². The number of carbonyl (C=O) groups is 1. The Morgan fingerprint density at radius 3 is 2.35 bits per heavy atom. The minimum Gasteiger partial charge on any atom is -0.345 e. The summed E-state index contributed by atoms with van der Waals surface area (Å²) < 4.78 is 0. The Morgan fingerprint density at radius 1 is 1.30 bits per heavy atom. The SMILES string of the molecule is CN(C)C(=O)c1ccc([N+](=O)[O-])cc1C#C[Si](C)(C)C. The molecule has 0 heterocycles. The van der Waals surface area contributed by atoms with E-state index in [4.69, 9.17) is 0 Å². The molecule has 1 aromatic carbocycles. The first-order chi connectivity index (χ1) is 9.11. The van der Waals surface area contributed by atoms with Crippen molar-refractivity contribution < 1.29 is 9.72 Å². The van der Waals surface area contributed by atoms with Crippen LogP contribution in [0, 0.1) is 21.6 Å². The molecule has 0 radical (unpaired) electrons. The van der Waals surface area contributed by atoms with Crippen LogP contribution in [0.4, 0.5) is 5.69 Å². The van der Waals surface area contributed by atoms with Crippen LogP contribution in [-0.2, 0) is 0 Å². The molecule has 0 aliphatic heterocycles. The first kappa shape index (κ1) is 15.9. The fourth-order valence-corrected chi connectivity index (χ4v) is 1.94. The van der Waals surface area contributed by atoms with E-state index in [1.54, 1.807) is 14.1 Å².